The van der Waals surface area contributed by atoms with Crippen LogP contribution in [0.25, 0.3) is 0 Å². The van der Waals surface area contributed by atoms with Crippen LogP contribution >= 0.6 is 24.0 Å². The van der Waals surface area contributed by atoms with Gasteiger partial charge in [-0.2, -0.15) is 0 Å². The molecule has 1 fully saturated rings. The number of carbonyl (C=O) groups is 2. The normalized spacial score (nSPS) is 16.9. The first-order chi connectivity index (χ1) is 12.4. The molecule has 3 rings (SSSR count). The molecule has 134 valence electrons. The van der Waals surface area contributed by atoms with Gasteiger partial charge in [0.15, 0.2) is 0 Å². The van der Waals surface area contributed by atoms with Crippen LogP contribution in [0.1, 0.15) is 23.1 Å². The summed E-state index contributed by atoms with van der Waals surface area (Å²) in [6, 6.07) is 13.5. The molecule has 1 atom stereocenters. The Morgan fingerprint density at radius 1 is 1.08 bits per heavy atom. The first kappa shape index (κ1) is 18.6. The Morgan fingerprint density at radius 2 is 1.69 bits per heavy atom. The Bertz CT molecular complexity index is 875. The third kappa shape index (κ3) is 3.66. The number of benzene rings is 2. The fourth-order valence-corrected chi connectivity index (χ4v) is 4.50. The summed E-state index contributed by atoms with van der Waals surface area (Å²) in [5.74, 6) is -0.311. The summed E-state index contributed by atoms with van der Waals surface area (Å²) in [4.78, 5) is 26.9. The van der Waals surface area contributed by atoms with E-state index < -0.39 is 5.25 Å². The summed E-state index contributed by atoms with van der Waals surface area (Å²) >= 11 is 6.68. The maximum Gasteiger partial charge on any atom is 0.246 e. The van der Waals surface area contributed by atoms with Crippen LogP contribution in [0.4, 0.5) is 11.4 Å². The molecule has 0 spiro atoms. The van der Waals surface area contributed by atoms with Crippen LogP contribution < -0.4 is 10.2 Å². The van der Waals surface area contributed by atoms with Crippen molar-refractivity contribution in [3.63, 3.8) is 0 Å². The van der Waals surface area contributed by atoms with Crippen molar-refractivity contribution in [3.8, 4) is 0 Å². The minimum atomic E-state index is -0.494. The molecule has 2 aromatic carbocycles. The lowest BCUT2D eigenvalue weighted by atomic mass is 10.1. The molecule has 0 aliphatic carbocycles. The van der Waals surface area contributed by atoms with E-state index in [2.05, 4.69) is 5.32 Å². The molecule has 2 aromatic rings. The van der Waals surface area contributed by atoms with Crippen LogP contribution in [0.5, 0.6) is 0 Å². The van der Waals surface area contributed by atoms with Gasteiger partial charge in [0.1, 0.15) is 9.57 Å². The molecule has 26 heavy (non-hydrogen) atoms. The van der Waals surface area contributed by atoms with E-state index in [9.17, 15) is 9.59 Å². The molecule has 1 aliphatic heterocycles. The maximum absolute atomic E-state index is 12.8. The predicted octanol–water partition coefficient (Wildman–Crippen LogP) is 4.37. The quantitative estimate of drug-likeness (QED) is 0.795. The van der Waals surface area contributed by atoms with Crippen LogP contribution in [0.2, 0.25) is 0 Å². The second-order valence-electron chi connectivity index (χ2n) is 6.35. The molecule has 1 heterocycles. The number of aryl methyl sites for hydroxylation is 3. The molecule has 0 radical (unpaired) electrons. The number of rotatable bonds is 4. The van der Waals surface area contributed by atoms with Crippen LogP contribution in [0, 0.1) is 20.8 Å². The maximum atomic E-state index is 12.8. The van der Waals surface area contributed by atoms with Gasteiger partial charge in [-0.05, 0) is 43.5 Å². The number of nitrogens with one attached hydrogen (secondary N) is 1. The van der Waals surface area contributed by atoms with Crippen molar-refractivity contribution < 1.29 is 9.59 Å². The van der Waals surface area contributed by atoms with E-state index in [0.717, 1.165) is 28.1 Å². The Kier molecular flexibility index (Phi) is 5.44. The van der Waals surface area contributed by atoms with Crippen LogP contribution in [0.3, 0.4) is 0 Å². The zero-order chi connectivity index (χ0) is 18.8. The predicted molar refractivity (Wildman–Crippen MR) is 112 cm³/mol. The monoisotopic (exact) mass is 384 g/mol. The van der Waals surface area contributed by atoms with E-state index in [-0.39, 0.29) is 18.2 Å². The molecule has 0 aromatic heterocycles. The molecular weight excluding hydrogens is 364 g/mol. The number of anilines is 2. The second kappa shape index (κ2) is 7.60. The summed E-state index contributed by atoms with van der Waals surface area (Å²) in [5, 5.41) is 2.45. The highest BCUT2D eigenvalue weighted by Crippen LogP contribution is 2.35. The summed E-state index contributed by atoms with van der Waals surface area (Å²) in [7, 11) is 0. The number of amides is 2. The topological polar surface area (TPSA) is 49.4 Å². The Hall–Kier alpha value is -2.18. The molecular formula is C20H20N2O2S2. The molecule has 2 amide bonds. The van der Waals surface area contributed by atoms with Crippen molar-refractivity contribution in [2.75, 3.05) is 10.2 Å². The largest absolute Gasteiger partial charge is 0.326 e. The van der Waals surface area contributed by atoms with Crippen molar-refractivity contribution in [3.05, 3.63) is 59.2 Å². The van der Waals surface area contributed by atoms with Crippen molar-refractivity contribution in [2.45, 2.75) is 32.4 Å². The summed E-state index contributed by atoms with van der Waals surface area (Å²) in [5.41, 5.74) is 4.57. The van der Waals surface area contributed by atoms with E-state index in [1.165, 1.54) is 11.8 Å². The van der Waals surface area contributed by atoms with Crippen molar-refractivity contribution in [2.24, 2.45) is 0 Å². The fourth-order valence-electron chi connectivity index (χ4n) is 2.99. The minimum Gasteiger partial charge on any atom is -0.326 e. The van der Waals surface area contributed by atoms with E-state index >= 15 is 0 Å². The van der Waals surface area contributed by atoms with Gasteiger partial charge >= 0.3 is 0 Å². The second-order valence-corrected chi connectivity index (χ2v) is 8.19. The number of para-hydroxylation sites is 2. The molecule has 0 bridgehead atoms. The molecule has 1 saturated heterocycles. The molecule has 1 aliphatic rings. The van der Waals surface area contributed by atoms with Crippen LogP contribution in [-0.2, 0) is 9.59 Å². The van der Waals surface area contributed by atoms with E-state index in [1.807, 2.05) is 63.2 Å². The van der Waals surface area contributed by atoms with Crippen molar-refractivity contribution >= 4 is 51.5 Å². The van der Waals surface area contributed by atoms with Gasteiger partial charge in [0.2, 0.25) is 11.8 Å². The highest BCUT2D eigenvalue weighted by atomic mass is 32.2. The molecule has 1 N–H and O–H groups in total. The lowest BCUT2D eigenvalue weighted by Crippen LogP contribution is -2.33. The zero-order valence-electron chi connectivity index (χ0n) is 14.9. The van der Waals surface area contributed by atoms with Gasteiger partial charge in [-0.15, -0.1) is 0 Å². The first-order valence-corrected chi connectivity index (χ1v) is 9.63. The highest BCUT2D eigenvalue weighted by molar-refractivity contribution is 8.25. The van der Waals surface area contributed by atoms with Gasteiger partial charge in [-0.25, -0.2) is 0 Å². The lowest BCUT2D eigenvalue weighted by molar-refractivity contribution is -0.121. The average Bonchev–Trinajstić information content (AvgIpc) is 2.86. The third-order valence-corrected chi connectivity index (χ3v) is 5.90. The number of hydrogen-bond acceptors (Lipinski definition) is 4. The van der Waals surface area contributed by atoms with E-state index in [4.69, 9.17) is 12.2 Å². The number of nitrogens with zero attached hydrogens (tertiary/aromatic N) is 1. The summed E-state index contributed by atoms with van der Waals surface area (Å²) < 4.78 is 0.495. The lowest BCUT2D eigenvalue weighted by Gasteiger charge is -2.18. The van der Waals surface area contributed by atoms with Crippen LogP contribution in [-0.4, -0.2) is 21.4 Å². The SMILES string of the molecule is Cc1ccccc1N1C(=O)C(CC(=O)Nc2c(C)cccc2C)SC1=S. The molecule has 1 unspecified atom stereocenters. The Balaban J connectivity index is 1.73. The number of thioether (sulfide) groups is 1. The Morgan fingerprint density at radius 3 is 2.35 bits per heavy atom. The van der Waals surface area contributed by atoms with Crippen LogP contribution in [0.15, 0.2) is 42.5 Å². The summed E-state index contributed by atoms with van der Waals surface area (Å²) in [6.45, 7) is 5.84. The van der Waals surface area contributed by atoms with E-state index in [0.29, 0.717) is 4.32 Å². The smallest absolute Gasteiger partial charge is 0.246 e. The third-order valence-electron chi connectivity index (χ3n) is 4.39. The summed E-state index contributed by atoms with van der Waals surface area (Å²) in [6.07, 6.45) is 0.0970. The first-order valence-electron chi connectivity index (χ1n) is 8.34. The van der Waals surface area contributed by atoms with E-state index in [1.54, 1.807) is 4.90 Å². The zero-order valence-corrected chi connectivity index (χ0v) is 16.5. The Labute approximate surface area is 163 Å². The van der Waals surface area contributed by atoms with Gasteiger partial charge in [0.05, 0.1) is 5.69 Å². The molecule has 6 heteroatoms. The van der Waals surface area contributed by atoms with Gasteiger partial charge in [-0.1, -0.05) is 60.4 Å². The number of thiocarbonyl (C=S) groups is 1. The minimum absolute atomic E-state index is 0.0970. The average molecular weight is 385 g/mol. The van der Waals surface area contributed by atoms with Gasteiger partial charge in [0, 0.05) is 12.1 Å². The van der Waals surface area contributed by atoms with Gasteiger partial charge < -0.3 is 5.32 Å². The molecule has 0 saturated carbocycles. The van der Waals surface area contributed by atoms with Gasteiger partial charge in [-0.3, -0.25) is 14.5 Å². The van der Waals surface area contributed by atoms with Gasteiger partial charge in [0.25, 0.3) is 0 Å². The van der Waals surface area contributed by atoms with Crippen molar-refractivity contribution in [1.82, 2.24) is 0 Å². The van der Waals surface area contributed by atoms with Crippen molar-refractivity contribution in [1.29, 1.82) is 0 Å². The fraction of sp³-hybridized carbons (Fsp3) is 0.250. The number of carbonyl (C=O) groups excluding carboxylic acids is 2. The highest BCUT2D eigenvalue weighted by Gasteiger charge is 2.39. The standard InChI is InChI=1S/C20H20N2O2S2/c1-12-7-4-5-10-15(12)22-19(24)16(26-20(22)25)11-17(23)21-18-13(2)8-6-9-14(18)3/h4-10,16H,11H2,1-3H3,(H,21,23). The molecule has 4 nitrogen and oxygen atoms in total. The number of hydrogen-bond donors (Lipinski definition) is 1.